The van der Waals surface area contributed by atoms with E-state index in [9.17, 15) is 4.79 Å². The van der Waals surface area contributed by atoms with E-state index in [-0.39, 0.29) is 12.2 Å². The summed E-state index contributed by atoms with van der Waals surface area (Å²) >= 11 is 0. The zero-order valence-corrected chi connectivity index (χ0v) is 13.3. The third-order valence-corrected chi connectivity index (χ3v) is 3.71. The van der Waals surface area contributed by atoms with E-state index in [4.69, 9.17) is 0 Å². The molecule has 19 heavy (non-hydrogen) atoms. The lowest BCUT2D eigenvalue weighted by Crippen LogP contribution is -2.39. The Morgan fingerprint density at radius 3 is 2.53 bits per heavy atom. The minimum Gasteiger partial charge on any atom is -0.326 e. The molecule has 112 valence electrons. The maximum atomic E-state index is 12.3. The van der Waals surface area contributed by atoms with Crippen molar-refractivity contribution in [2.45, 2.75) is 58.7 Å². The first-order valence-corrected chi connectivity index (χ1v) is 7.67. The van der Waals surface area contributed by atoms with Gasteiger partial charge in [0.15, 0.2) is 0 Å². The fraction of sp³-hybridized carbons (Fsp3) is 0.933. The largest absolute Gasteiger partial charge is 0.326 e. The van der Waals surface area contributed by atoms with Crippen LogP contribution in [0, 0.1) is 5.92 Å². The summed E-state index contributed by atoms with van der Waals surface area (Å²) in [6.07, 6.45) is 4.44. The van der Waals surface area contributed by atoms with Crippen molar-refractivity contribution in [1.82, 2.24) is 15.1 Å². The predicted octanol–water partition coefficient (Wildman–Crippen LogP) is 1.91. The van der Waals surface area contributed by atoms with Crippen molar-refractivity contribution in [3.05, 3.63) is 0 Å². The van der Waals surface area contributed by atoms with E-state index in [0.29, 0.717) is 11.8 Å². The molecule has 1 N–H and O–H groups in total. The summed E-state index contributed by atoms with van der Waals surface area (Å²) in [5, 5.41) is 3.49. The molecule has 0 saturated carbocycles. The smallest absolute Gasteiger partial charge is 0.241 e. The average molecular weight is 269 g/mol. The molecule has 4 nitrogen and oxygen atoms in total. The summed E-state index contributed by atoms with van der Waals surface area (Å²) in [7, 11) is 4.19. The molecule has 1 fully saturated rings. The van der Waals surface area contributed by atoms with Gasteiger partial charge in [-0.05, 0) is 52.2 Å². The van der Waals surface area contributed by atoms with Gasteiger partial charge in [-0.15, -0.1) is 0 Å². The summed E-state index contributed by atoms with van der Waals surface area (Å²) in [6, 6.07) is 0.0394. The highest BCUT2D eigenvalue weighted by Crippen LogP contribution is 2.19. The van der Waals surface area contributed by atoms with E-state index in [2.05, 4.69) is 50.0 Å². The van der Waals surface area contributed by atoms with Crippen LogP contribution in [0.3, 0.4) is 0 Å². The molecule has 0 aromatic carbocycles. The van der Waals surface area contributed by atoms with Gasteiger partial charge in [-0.25, -0.2) is 0 Å². The Morgan fingerprint density at radius 2 is 2.00 bits per heavy atom. The van der Waals surface area contributed by atoms with E-state index in [1.54, 1.807) is 0 Å². The fourth-order valence-electron chi connectivity index (χ4n) is 2.66. The number of rotatable bonds is 8. The first kappa shape index (κ1) is 16.4. The highest BCUT2D eigenvalue weighted by molar-refractivity contribution is 5.84. The first-order chi connectivity index (χ1) is 8.95. The summed E-state index contributed by atoms with van der Waals surface area (Å²) in [5.41, 5.74) is 0. The standard InChI is InChI=1S/C15H31N3O/c1-6-13-15(19)18(10-8-7-9-17(4)5)14(16-13)11-12(2)3/h12-14,16H,6-11H2,1-5H3. The molecule has 0 aromatic heterocycles. The lowest BCUT2D eigenvalue weighted by atomic mass is 10.1. The Balaban J connectivity index is 2.47. The average Bonchev–Trinajstić information content (AvgIpc) is 2.60. The Bertz CT molecular complexity index is 279. The maximum absolute atomic E-state index is 12.3. The van der Waals surface area contributed by atoms with Gasteiger partial charge in [0.05, 0.1) is 12.2 Å². The predicted molar refractivity (Wildman–Crippen MR) is 80.0 cm³/mol. The van der Waals surface area contributed by atoms with Crippen molar-refractivity contribution < 1.29 is 4.79 Å². The minimum atomic E-state index is 0.0394. The summed E-state index contributed by atoms with van der Waals surface area (Å²) in [5.74, 6) is 0.920. The molecule has 1 aliphatic rings. The van der Waals surface area contributed by atoms with Crippen molar-refractivity contribution in [3.8, 4) is 0 Å². The number of nitrogens with one attached hydrogen (secondary N) is 1. The molecular formula is C15H31N3O. The number of hydrogen-bond acceptors (Lipinski definition) is 3. The molecule has 1 saturated heterocycles. The number of unbranched alkanes of at least 4 members (excludes halogenated alkanes) is 1. The van der Waals surface area contributed by atoms with E-state index < -0.39 is 0 Å². The van der Waals surface area contributed by atoms with Crippen LogP contribution in [0.25, 0.3) is 0 Å². The van der Waals surface area contributed by atoms with Gasteiger partial charge in [0, 0.05) is 6.54 Å². The molecule has 0 radical (unpaired) electrons. The van der Waals surface area contributed by atoms with E-state index in [1.807, 2.05) is 0 Å². The van der Waals surface area contributed by atoms with Crippen LogP contribution in [0.2, 0.25) is 0 Å². The lowest BCUT2D eigenvalue weighted by Gasteiger charge is -2.25. The molecule has 1 aliphatic heterocycles. The molecular weight excluding hydrogens is 238 g/mol. The van der Waals surface area contributed by atoms with Crippen LogP contribution in [-0.2, 0) is 4.79 Å². The lowest BCUT2D eigenvalue weighted by molar-refractivity contribution is -0.130. The molecule has 2 unspecified atom stereocenters. The zero-order valence-electron chi connectivity index (χ0n) is 13.3. The Hall–Kier alpha value is -0.610. The maximum Gasteiger partial charge on any atom is 0.241 e. The van der Waals surface area contributed by atoms with Gasteiger partial charge >= 0.3 is 0 Å². The summed E-state index contributed by atoms with van der Waals surface area (Å²) in [4.78, 5) is 16.6. The second-order valence-electron chi connectivity index (χ2n) is 6.31. The van der Waals surface area contributed by atoms with E-state index in [0.717, 1.165) is 38.8 Å². The second-order valence-corrected chi connectivity index (χ2v) is 6.31. The van der Waals surface area contributed by atoms with Crippen LogP contribution >= 0.6 is 0 Å². The third kappa shape index (κ3) is 5.11. The van der Waals surface area contributed by atoms with Crippen LogP contribution in [0.1, 0.15) is 46.5 Å². The van der Waals surface area contributed by atoms with Gasteiger partial charge in [0.25, 0.3) is 0 Å². The van der Waals surface area contributed by atoms with E-state index in [1.165, 1.54) is 0 Å². The monoisotopic (exact) mass is 269 g/mol. The third-order valence-electron chi connectivity index (χ3n) is 3.71. The molecule has 0 spiro atoms. The molecule has 1 heterocycles. The fourth-order valence-corrected chi connectivity index (χ4v) is 2.66. The molecule has 4 heteroatoms. The van der Waals surface area contributed by atoms with Crippen LogP contribution < -0.4 is 5.32 Å². The molecule has 1 rings (SSSR count). The molecule has 0 aliphatic carbocycles. The minimum absolute atomic E-state index is 0.0394. The van der Waals surface area contributed by atoms with Gasteiger partial charge in [0.1, 0.15) is 0 Å². The molecule has 2 atom stereocenters. The second kappa shape index (κ2) is 7.85. The first-order valence-electron chi connectivity index (χ1n) is 7.67. The Labute approximate surface area is 118 Å². The Morgan fingerprint density at radius 1 is 1.32 bits per heavy atom. The quantitative estimate of drug-likeness (QED) is 0.684. The van der Waals surface area contributed by atoms with Crippen LogP contribution in [0.5, 0.6) is 0 Å². The number of amides is 1. The van der Waals surface area contributed by atoms with Crippen LogP contribution in [-0.4, -0.2) is 55.1 Å². The van der Waals surface area contributed by atoms with Gasteiger partial charge in [0.2, 0.25) is 5.91 Å². The normalized spacial score (nSPS) is 23.9. The van der Waals surface area contributed by atoms with Gasteiger partial charge in [-0.1, -0.05) is 20.8 Å². The SMILES string of the molecule is CCC1NC(CC(C)C)N(CCCCN(C)C)C1=O. The van der Waals surface area contributed by atoms with Crippen molar-refractivity contribution in [3.63, 3.8) is 0 Å². The molecule has 1 amide bonds. The number of carbonyl (C=O) groups is 1. The van der Waals surface area contributed by atoms with Crippen molar-refractivity contribution in [1.29, 1.82) is 0 Å². The summed E-state index contributed by atoms with van der Waals surface area (Å²) < 4.78 is 0. The summed E-state index contributed by atoms with van der Waals surface area (Å²) in [6.45, 7) is 8.51. The van der Waals surface area contributed by atoms with Crippen molar-refractivity contribution >= 4 is 5.91 Å². The van der Waals surface area contributed by atoms with Crippen molar-refractivity contribution in [2.24, 2.45) is 5.92 Å². The number of nitrogens with zero attached hydrogens (tertiary/aromatic N) is 2. The number of hydrogen-bond donors (Lipinski definition) is 1. The molecule has 0 aromatic rings. The highest BCUT2D eigenvalue weighted by Gasteiger charge is 2.37. The topological polar surface area (TPSA) is 35.6 Å². The van der Waals surface area contributed by atoms with Crippen LogP contribution in [0.4, 0.5) is 0 Å². The van der Waals surface area contributed by atoms with Gasteiger partial charge in [-0.2, -0.15) is 0 Å². The van der Waals surface area contributed by atoms with Gasteiger partial charge < -0.3 is 9.80 Å². The van der Waals surface area contributed by atoms with Gasteiger partial charge in [-0.3, -0.25) is 10.1 Å². The zero-order chi connectivity index (χ0) is 14.4. The van der Waals surface area contributed by atoms with Crippen molar-refractivity contribution in [2.75, 3.05) is 27.2 Å². The number of carbonyl (C=O) groups excluding carboxylic acids is 1. The van der Waals surface area contributed by atoms with E-state index >= 15 is 0 Å². The Kier molecular flexibility index (Phi) is 6.80. The van der Waals surface area contributed by atoms with Crippen LogP contribution in [0.15, 0.2) is 0 Å². The molecule has 0 bridgehead atoms. The highest BCUT2D eigenvalue weighted by atomic mass is 16.2.